The Morgan fingerprint density at radius 3 is 2.76 bits per heavy atom. The molecule has 112 valence electrons. The fourth-order valence-corrected chi connectivity index (χ4v) is 2.37. The molecule has 0 aliphatic heterocycles. The second kappa shape index (κ2) is 6.22. The molecule has 21 heavy (non-hydrogen) atoms. The van der Waals surface area contributed by atoms with E-state index < -0.39 is 5.60 Å². The second-order valence-electron chi connectivity index (χ2n) is 5.74. The zero-order valence-electron chi connectivity index (χ0n) is 12.6. The maximum absolute atomic E-state index is 11.8. The van der Waals surface area contributed by atoms with E-state index in [0.29, 0.717) is 0 Å². The van der Waals surface area contributed by atoms with Crippen LogP contribution in [0.15, 0.2) is 24.3 Å². The van der Waals surface area contributed by atoms with Crippen molar-refractivity contribution in [3.05, 3.63) is 35.7 Å². The van der Waals surface area contributed by atoms with Crippen LogP contribution in [0.1, 0.15) is 32.2 Å². The van der Waals surface area contributed by atoms with Gasteiger partial charge in [-0.15, -0.1) is 0 Å². The Hall–Kier alpha value is -1.95. The number of nitrogens with one attached hydrogen (secondary N) is 1. The molecule has 0 amide bonds. The summed E-state index contributed by atoms with van der Waals surface area (Å²) in [6.45, 7) is 7.43. The maximum Gasteiger partial charge on any atom is 0.310 e. The van der Waals surface area contributed by atoms with Gasteiger partial charge in [-0.3, -0.25) is 4.79 Å². The molecule has 1 aromatic carbocycles. The SMILES string of the molecule is Cc1nsc(Nc2cccc(CC(=O)OC(C)(C)C)c2)n1. The summed E-state index contributed by atoms with van der Waals surface area (Å²) in [5, 5.41) is 3.92. The first kappa shape index (κ1) is 15.4. The Morgan fingerprint density at radius 2 is 2.14 bits per heavy atom. The molecule has 0 saturated heterocycles. The number of hydrogen-bond donors (Lipinski definition) is 1. The van der Waals surface area contributed by atoms with Gasteiger partial charge in [0.15, 0.2) is 0 Å². The smallest absolute Gasteiger partial charge is 0.310 e. The van der Waals surface area contributed by atoms with E-state index in [-0.39, 0.29) is 12.4 Å². The number of aromatic nitrogens is 2. The highest BCUT2D eigenvalue weighted by atomic mass is 32.1. The Labute approximate surface area is 128 Å². The Balaban J connectivity index is 2.02. The summed E-state index contributed by atoms with van der Waals surface area (Å²) < 4.78 is 9.44. The van der Waals surface area contributed by atoms with Gasteiger partial charge in [-0.25, -0.2) is 4.98 Å². The zero-order valence-corrected chi connectivity index (χ0v) is 13.5. The number of esters is 1. The average molecular weight is 305 g/mol. The molecule has 5 nitrogen and oxygen atoms in total. The highest BCUT2D eigenvalue weighted by molar-refractivity contribution is 7.09. The van der Waals surface area contributed by atoms with Crippen molar-refractivity contribution in [2.75, 3.05) is 5.32 Å². The van der Waals surface area contributed by atoms with Crippen molar-refractivity contribution in [1.29, 1.82) is 0 Å². The van der Waals surface area contributed by atoms with Crippen molar-refractivity contribution >= 4 is 28.3 Å². The van der Waals surface area contributed by atoms with Crippen LogP contribution in [0.4, 0.5) is 10.8 Å². The average Bonchev–Trinajstić information content (AvgIpc) is 2.72. The van der Waals surface area contributed by atoms with E-state index in [2.05, 4.69) is 14.7 Å². The lowest BCUT2D eigenvalue weighted by molar-refractivity contribution is -0.153. The molecule has 1 heterocycles. The maximum atomic E-state index is 11.8. The molecular formula is C15H19N3O2S. The summed E-state index contributed by atoms with van der Waals surface area (Å²) in [6.07, 6.45) is 0.252. The van der Waals surface area contributed by atoms with Crippen LogP contribution in [-0.4, -0.2) is 20.9 Å². The fourth-order valence-electron chi connectivity index (χ4n) is 1.77. The predicted octanol–water partition coefficient (Wildman–Crippen LogP) is 3.47. The van der Waals surface area contributed by atoms with Crippen LogP contribution in [0.5, 0.6) is 0 Å². The van der Waals surface area contributed by atoms with Crippen molar-refractivity contribution in [2.24, 2.45) is 0 Å². The molecule has 0 bridgehead atoms. The van der Waals surface area contributed by atoms with Crippen LogP contribution in [0.2, 0.25) is 0 Å². The lowest BCUT2D eigenvalue weighted by atomic mass is 10.1. The highest BCUT2D eigenvalue weighted by Gasteiger charge is 2.16. The molecule has 0 atom stereocenters. The largest absolute Gasteiger partial charge is 0.460 e. The molecule has 0 aliphatic rings. The Morgan fingerprint density at radius 1 is 1.38 bits per heavy atom. The van der Waals surface area contributed by atoms with Gasteiger partial charge in [0.2, 0.25) is 5.13 Å². The fraction of sp³-hybridized carbons (Fsp3) is 0.400. The number of rotatable bonds is 4. The van der Waals surface area contributed by atoms with E-state index in [9.17, 15) is 4.79 Å². The topological polar surface area (TPSA) is 64.1 Å². The van der Waals surface area contributed by atoms with E-state index in [1.807, 2.05) is 52.0 Å². The molecule has 6 heteroatoms. The summed E-state index contributed by atoms with van der Waals surface area (Å²) in [5.74, 6) is 0.513. The number of anilines is 2. The first-order valence-corrected chi connectivity index (χ1v) is 7.47. The number of carbonyl (C=O) groups is 1. The van der Waals surface area contributed by atoms with Gasteiger partial charge >= 0.3 is 5.97 Å². The normalized spacial score (nSPS) is 11.2. The minimum absolute atomic E-state index is 0.230. The second-order valence-corrected chi connectivity index (χ2v) is 6.49. The molecule has 0 radical (unpaired) electrons. The molecule has 0 spiro atoms. The van der Waals surface area contributed by atoms with Crippen LogP contribution < -0.4 is 5.32 Å². The standard InChI is InChI=1S/C15H19N3O2S/c1-10-16-14(21-18-10)17-12-7-5-6-11(8-12)9-13(19)20-15(2,3)4/h5-8H,9H2,1-4H3,(H,16,17,18). The number of carbonyl (C=O) groups excluding carboxylic acids is 1. The minimum atomic E-state index is -0.461. The van der Waals surface area contributed by atoms with Crippen molar-refractivity contribution in [3.63, 3.8) is 0 Å². The quantitative estimate of drug-likeness (QED) is 0.876. The van der Waals surface area contributed by atoms with E-state index in [4.69, 9.17) is 4.74 Å². The van der Waals surface area contributed by atoms with Crippen LogP contribution in [0, 0.1) is 6.92 Å². The van der Waals surface area contributed by atoms with Gasteiger partial charge in [0.05, 0.1) is 6.42 Å². The predicted molar refractivity (Wildman–Crippen MR) is 83.9 cm³/mol. The summed E-state index contributed by atoms with van der Waals surface area (Å²) in [5.41, 5.74) is 1.32. The Kier molecular flexibility index (Phi) is 4.57. The van der Waals surface area contributed by atoms with E-state index in [1.54, 1.807) is 0 Å². The highest BCUT2D eigenvalue weighted by Crippen LogP contribution is 2.20. The zero-order chi connectivity index (χ0) is 15.5. The lowest BCUT2D eigenvalue weighted by Gasteiger charge is -2.19. The van der Waals surface area contributed by atoms with Crippen molar-refractivity contribution in [3.8, 4) is 0 Å². The van der Waals surface area contributed by atoms with Crippen LogP contribution >= 0.6 is 11.5 Å². The van der Waals surface area contributed by atoms with Gasteiger partial charge in [0.25, 0.3) is 0 Å². The van der Waals surface area contributed by atoms with Gasteiger partial charge in [0.1, 0.15) is 11.4 Å². The first-order chi connectivity index (χ1) is 9.82. The number of ether oxygens (including phenoxy) is 1. The molecule has 0 unspecified atom stereocenters. The molecule has 2 rings (SSSR count). The van der Waals surface area contributed by atoms with Crippen molar-refractivity contribution < 1.29 is 9.53 Å². The monoisotopic (exact) mass is 305 g/mol. The van der Waals surface area contributed by atoms with Gasteiger partial charge in [-0.05, 0) is 45.4 Å². The van der Waals surface area contributed by atoms with Gasteiger partial charge in [0, 0.05) is 17.2 Å². The summed E-state index contributed by atoms with van der Waals surface area (Å²) in [7, 11) is 0. The van der Waals surface area contributed by atoms with Gasteiger partial charge in [-0.1, -0.05) is 12.1 Å². The van der Waals surface area contributed by atoms with Crippen molar-refractivity contribution in [2.45, 2.75) is 39.7 Å². The molecule has 0 saturated carbocycles. The third kappa shape index (κ3) is 5.15. The molecule has 0 aliphatic carbocycles. The van der Waals surface area contributed by atoms with Crippen LogP contribution in [0.3, 0.4) is 0 Å². The van der Waals surface area contributed by atoms with Crippen LogP contribution in [-0.2, 0) is 16.0 Å². The molecule has 1 N–H and O–H groups in total. The Bertz CT molecular complexity index is 632. The number of aryl methyl sites for hydroxylation is 1. The number of nitrogens with zero attached hydrogens (tertiary/aromatic N) is 2. The molecule has 0 fully saturated rings. The third-order valence-electron chi connectivity index (χ3n) is 2.47. The third-order valence-corrected chi connectivity index (χ3v) is 3.20. The number of hydrogen-bond acceptors (Lipinski definition) is 6. The summed E-state index contributed by atoms with van der Waals surface area (Å²) >= 11 is 1.31. The van der Waals surface area contributed by atoms with E-state index in [0.717, 1.165) is 22.2 Å². The first-order valence-electron chi connectivity index (χ1n) is 6.70. The lowest BCUT2D eigenvalue weighted by Crippen LogP contribution is -2.24. The van der Waals surface area contributed by atoms with E-state index >= 15 is 0 Å². The minimum Gasteiger partial charge on any atom is -0.460 e. The van der Waals surface area contributed by atoms with Crippen LogP contribution in [0.25, 0.3) is 0 Å². The van der Waals surface area contributed by atoms with Gasteiger partial charge in [-0.2, -0.15) is 4.37 Å². The summed E-state index contributed by atoms with van der Waals surface area (Å²) in [4.78, 5) is 16.1. The van der Waals surface area contributed by atoms with E-state index in [1.165, 1.54) is 11.5 Å². The summed E-state index contributed by atoms with van der Waals surface area (Å²) in [6, 6.07) is 7.65. The van der Waals surface area contributed by atoms with Crippen molar-refractivity contribution in [1.82, 2.24) is 9.36 Å². The molecular weight excluding hydrogens is 286 g/mol. The van der Waals surface area contributed by atoms with Gasteiger partial charge < -0.3 is 10.1 Å². The molecule has 1 aromatic heterocycles. The number of benzene rings is 1. The molecule has 2 aromatic rings.